The van der Waals surface area contributed by atoms with Gasteiger partial charge < -0.3 is 9.74 Å². The number of nitrogens with zero attached hydrogens (tertiary/aromatic N) is 2. The van der Waals surface area contributed by atoms with Crippen LogP contribution in [-0.2, 0) is 4.43 Å². The summed E-state index contributed by atoms with van der Waals surface area (Å²) >= 11 is 0. The van der Waals surface area contributed by atoms with Gasteiger partial charge in [-0.25, -0.2) is 9.97 Å². The molecule has 0 spiro atoms. The number of para-hydroxylation sites is 1. The Hall–Kier alpha value is -1.72. The second kappa shape index (κ2) is 7.02. The normalized spacial score (nSPS) is 13.2. The highest BCUT2D eigenvalue weighted by atomic mass is 28.3. The van der Waals surface area contributed by atoms with Gasteiger partial charge in [0, 0.05) is 23.6 Å². The Kier molecular flexibility index (Phi) is 5.31. The van der Waals surface area contributed by atoms with Crippen molar-refractivity contribution in [3.63, 3.8) is 0 Å². The lowest BCUT2D eigenvalue weighted by Crippen LogP contribution is -2.26. The molecule has 5 heteroatoms. The quantitative estimate of drug-likeness (QED) is 0.835. The van der Waals surface area contributed by atoms with Gasteiger partial charge >= 0.3 is 0 Å². The molecule has 0 aliphatic rings. The first-order valence-corrected chi connectivity index (χ1v) is 10.4. The molecule has 2 aromatic rings. The molecule has 1 atom stereocenters. The molecule has 0 saturated heterocycles. The zero-order valence-electron chi connectivity index (χ0n) is 14.0. The van der Waals surface area contributed by atoms with Crippen molar-refractivity contribution >= 4 is 20.7 Å². The largest absolute Gasteiger partial charge is 0.413 e. The second-order valence-corrected chi connectivity index (χ2v) is 9.13. The molecule has 0 amide bonds. The number of aromatic nitrogens is 2. The summed E-state index contributed by atoms with van der Waals surface area (Å²) < 4.78 is 6.20. The third kappa shape index (κ3) is 4.64. The Morgan fingerprint density at radius 1 is 1.05 bits per heavy atom. The molecular weight excluding hydrogens is 290 g/mol. The maximum absolute atomic E-state index is 6.20. The molecule has 1 N–H and O–H groups in total. The van der Waals surface area contributed by atoms with E-state index in [1.165, 1.54) is 0 Å². The van der Waals surface area contributed by atoms with Crippen LogP contribution in [0.3, 0.4) is 0 Å². The fraction of sp³-hybridized carbons (Fsp3) is 0.412. The van der Waals surface area contributed by atoms with Crippen molar-refractivity contribution in [3.05, 3.63) is 48.3 Å². The lowest BCUT2D eigenvalue weighted by molar-refractivity contribution is 0.0860. The lowest BCUT2D eigenvalue weighted by atomic mass is 9.86. The number of rotatable bonds is 5. The molecule has 0 bridgehead atoms. The molecule has 0 radical (unpaired) electrons. The first kappa shape index (κ1) is 16.6. The van der Waals surface area contributed by atoms with Crippen LogP contribution in [0.15, 0.2) is 42.7 Å². The first-order valence-electron chi connectivity index (χ1n) is 7.66. The van der Waals surface area contributed by atoms with Crippen molar-refractivity contribution < 1.29 is 4.43 Å². The minimum Gasteiger partial charge on any atom is -0.413 e. The fourth-order valence-corrected chi connectivity index (χ4v) is 3.35. The molecule has 1 aromatic carbocycles. The van der Waals surface area contributed by atoms with Crippen molar-refractivity contribution in [1.29, 1.82) is 0 Å². The van der Waals surface area contributed by atoms with E-state index >= 15 is 0 Å². The summed E-state index contributed by atoms with van der Waals surface area (Å²) in [4.78, 5) is 8.86. The molecule has 1 unspecified atom stereocenters. The molecule has 0 aliphatic carbocycles. The maximum atomic E-state index is 6.20. The molecule has 4 nitrogen and oxygen atoms in total. The van der Waals surface area contributed by atoms with Crippen molar-refractivity contribution in [2.24, 2.45) is 5.41 Å². The number of anilines is 2. The topological polar surface area (TPSA) is 47.0 Å². The Bertz CT molecular complexity index is 579. The van der Waals surface area contributed by atoms with Crippen molar-refractivity contribution in [2.75, 3.05) is 5.32 Å². The van der Waals surface area contributed by atoms with Crippen LogP contribution in [0.5, 0.6) is 0 Å². The van der Waals surface area contributed by atoms with E-state index in [1.54, 1.807) is 0 Å². The zero-order chi connectivity index (χ0) is 16.2. The molecule has 1 aromatic heterocycles. The van der Waals surface area contributed by atoms with Crippen molar-refractivity contribution in [3.8, 4) is 0 Å². The van der Waals surface area contributed by atoms with Crippen molar-refractivity contribution in [1.82, 2.24) is 9.97 Å². The van der Waals surface area contributed by atoms with Gasteiger partial charge in [0.1, 0.15) is 0 Å². The highest BCUT2D eigenvalue weighted by Gasteiger charge is 2.28. The van der Waals surface area contributed by atoms with E-state index in [2.05, 4.69) is 49.1 Å². The fourth-order valence-electron chi connectivity index (χ4n) is 2.24. The van der Waals surface area contributed by atoms with Gasteiger partial charge in [0.2, 0.25) is 5.95 Å². The van der Waals surface area contributed by atoms with E-state index in [0.29, 0.717) is 5.95 Å². The molecule has 0 aliphatic heterocycles. The summed E-state index contributed by atoms with van der Waals surface area (Å²) in [5, 5.41) is 3.20. The van der Waals surface area contributed by atoms with Crippen LogP contribution < -0.4 is 5.32 Å². The highest BCUT2D eigenvalue weighted by Crippen LogP contribution is 2.36. The van der Waals surface area contributed by atoms with Crippen molar-refractivity contribution in [2.45, 2.75) is 40.0 Å². The van der Waals surface area contributed by atoms with Crippen LogP contribution in [0.1, 0.15) is 32.4 Å². The minimum atomic E-state index is -1.14. The molecular formula is C17H25N3OSi. The summed E-state index contributed by atoms with van der Waals surface area (Å²) in [5.74, 6) is 0.601. The van der Waals surface area contributed by atoms with Crippen LogP contribution in [0.4, 0.5) is 11.6 Å². The van der Waals surface area contributed by atoms with E-state index in [1.807, 2.05) is 42.7 Å². The third-order valence-electron chi connectivity index (χ3n) is 3.20. The smallest absolute Gasteiger partial charge is 0.227 e. The first-order chi connectivity index (χ1) is 10.4. The maximum Gasteiger partial charge on any atom is 0.227 e. The van der Waals surface area contributed by atoms with E-state index in [4.69, 9.17) is 4.43 Å². The van der Waals surface area contributed by atoms with Gasteiger partial charge in [-0.15, -0.1) is 0 Å². The number of benzene rings is 1. The predicted octanol–water partition coefficient (Wildman–Crippen LogP) is 4.31. The van der Waals surface area contributed by atoms with Gasteiger partial charge in [0.05, 0.1) is 6.10 Å². The summed E-state index contributed by atoms with van der Waals surface area (Å²) in [7, 11) is -1.14. The SMILES string of the molecule is C[SiH](C)OC(c1cnc(Nc2ccccc2)nc1)C(C)(C)C. The van der Waals surface area contributed by atoms with Crippen LogP contribution in [0.25, 0.3) is 0 Å². The summed E-state index contributed by atoms with van der Waals surface area (Å²) in [6.45, 7) is 10.9. The molecule has 22 heavy (non-hydrogen) atoms. The predicted molar refractivity (Wildman–Crippen MR) is 93.9 cm³/mol. The Balaban J connectivity index is 2.15. The molecule has 0 fully saturated rings. The Morgan fingerprint density at radius 3 is 2.14 bits per heavy atom. The summed E-state index contributed by atoms with van der Waals surface area (Å²) in [6, 6.07) is 9.92. The van der Waals surface area contributed by atoms with E-state index in [0.717, 1.165) is 11.3 Å². The third-order valence-corrected chi connectivity index (χ3v) is 4.02. The van der Waals surface area contributed by atoms with Crippen LogP contribution in [0, 0.1) is 5.41 Å². The van der Waals surface area contributed by atoms with Gasteiger partial charge in [0.25, 0.3) is 0 Å². The molecule has 2 rings (SSSR count). The van der Waals surface area contributed by atoms with Gasteiger partial charge in [-0.1, -0.05) is 39.0 Å². The van der Waals surface area contributed by atoms with E-state index < -0.39 is 9.04 Å². The monoisotopic (exact) mass is 315 g/mol. The van der Waals surface area contributed by atoms with E-state index in [-0.39, 0.29) is 11.5 Å². The highest BCUT2D eigenvalue weighted by molar-refractivity contribution is 6.48. The minimum absolute atomic E-state index is 0.0228. The summed E-state index contributed by atoms with van der Waals surface area (Å²) in [6.07, 6.45) is 3.76. The van der Waals surface area contributed by atoms with Gasteiger partial charge in [0.15, 0.2) is 9.04 Å². The number of hydrogen-bond donors (Lipinski definition) is 1. The summed E-state index contributed by atoms with van der Waals surface area (Å²) in [5.41, 5.74) is 2.04. The average Bonchev–Trinajstić information content (AvgIpc) is 2.46. The van der Waals surface area contributed by atoms with Crippen LogP contribution in [-0.4, -0.2) is 19.0 Å². The Morgan fingerprint density at radius 2 is 1.64 bits per heavy atom. The van der Waals surface area contributed by atoms with Gasteiger partial charge in [-0.3, -0.25) is 0 Å². The average molecular weight is 315 g/mol. The zero-order valence-corrected chi connectivity index (χ0v) is 15.2. The molecule has 1 heterocycles. The van der Waals surface area contributed by atoms with Gasteiger partial charge in [-0.2, -0.15) is 0 Å². The molecule has 0 saturated carbocycles. The van der Waals surface area contributed by atoms with E-state index in [9.17, 15) is 0 Å². The van der Waals surface area contributed by atoms with Gasteiger partial charge in [-0.05, 0) is 30.6 Å². The number of hydrogen-bond acceptors (Lipinski definition) is 4. The van der Waals surface area contributed by atoms with Crippen LogP contribution in [0.2, 0.25) is 13.1 Å². The second-order valence-electron chi connectivity index (χ2n) is 6.76. The Labute approximate surface area is 134 Å². The number of nitrogens with one attached hydrogen (secondary N) is 1. The molecule has 118 valence electrons. The van der Waals surface area contributed by atoms with Crippen LogP contribution >= 0.6 is 0 Å². The standard InChI is InChI=1S/C17H25N3OSi/c1-17(2,3)15(21-22(4)5)13-11-18-16(19-12-13)20-14-9-7-6-8-10-14/h6-12,15,22H,1-5H3,(H,18,19,20). The lowest BCUT2D eigenvalue weighted by Gasteiger charge is -2.32.